The summed E-state index contributed by atoms with van der Waals surface area (Å²) in [5, 5.41) is 1.88. The topological polar surface area (TPSA) is 62.8 Å². The highest BCUT2D eigenvalue weighted by Gasteiger charge is 2.36. The molecule has 138 valence electrons. The van der Waals surface area contributed by atoms with Crippen LogP contribution in [-0.4, -0.2) is 24.6 Å². The molecule has 3 rings (SSSR count). The Morgan fingerprint density at radius 3 is 2.31 bits per heavy atom. The van der Waals surface area contributed by atoms with Crippen molar-refractivity contribution in [3.8, 4) is 11.3 Å². The molecule has 1 aromatic carbocycles. The van der Waals surface area contributed by atoms with Gasteiger partial charge in [-0.15, -0.1) is 11.3 Å². The molecule has 0 aliphatic rings. The Hall–Kier alpha value is -2.13. The maximum Gasteiger partial charge on any atom is 0.449 e. The second-order valence-electron chi connectivity index (χ2n) is 5.91. The van der Waals surface area contributed by atoms with Gasteiger partial charge in [-0.25, -0.2) is 13.4 Å². The maximum atomic E-state index is 13.1. The summed E-state index contributed by atoms with van der Waals surface area (Å²) in [7, 11) is -3.38. The minimum Gasteiger partial charge on any atom is -0.337 e. The Kier molecular flexibility index (Phi) is 4.70. The molecule has 0 aliphatic carbocycles. The molecule has 0 aliphatic heterocycles. The van der Waals surface area contributed by atoms with Gasteiger partial charge in [0, 0.05) is 28.8 Å². The predicted octanol–water partition coefficient (Wildman–Crippen LogP) is 4.46. The quantitative estimate of drug-likeness (QED) is 0.703. The summed E-state index contributed by atoms with van der Waals surface area (Å²) < 4.78 is 62.4. The van der Waals surface area contributed by atoms with E-state index in [1.165, 1.54) is 35.6 Å². The van der Waals surface area contributed by atoms with Gasteiger partial charge < -0.3 is 4.98 Å². The Morgan fingerprint density at radius 2 is 1.81 bits per heavy atom. The number of aromatic nitrogens is 2. The van der Waals surface area contributed by atoms with E-state index in [9.17, 15) is 21.6 Å². The van der Waals surface area contributed by atoms with E-state index in [2.05, 4.69) is 9.97 Å². The van der Waals surface area contributed by atoms with Gasteiger partial charge in [-0.3, -0.25) is 0 Å². The molecule has 0 radical (unpaired) electrons. The molecule has 4 nitrogen and oxygen atoms in total. The SMILES string of the molecule is Cc1ccsc1Cc1[nH]c(C(F)(F)F)nc1-c1ccc(S(C)(=O)=O)cc1. The predicted molar refractivity (Wildman–Crippen MR) is 94.0 cm³/mol. The van der Waals surface area contributed by atoms with Gasteiger partial charge in [-0.2, -0.15) is 13.2 Å². The minimum atomic E-state index is -4.59. The third kappa shape index (κ3) is 3.83. The summed E-state index contributed by atoms with van der Waals surface area (Å²) >= 11 is 1.46. The molecule has 1 N–H and O–H groups in total. The van der Waals surface area contributed by atoms with Crippen LogP contribution in [0.1, 0.15) is 22.0 Å². The van der Waals surface area contributed by atoms with E-state index in [-0.39, 0.29) is 17.0 Å². The Bertz CT molecular complexity index is 1030. The average molecular weight is 400 g/mol. The normalized spacial score (nSPS) is 12.5. The van der Waals surface area contributed by atoms with E-state index < -0.39 is 21.8 Å². The summed E-state index contributed by atoms with van der Waals surface area (Å²) in [4.78, 5) is 7.15. The van der Waals surface area contributed by atoms with Crippen molar-refractivity contribution in [3.05, 3.63) is 57.7 Å². The van der Waals surface area contributed by atoms with Crippen LogP contribution >= 0.6 is 11.3 Å². The number of benzene rings is 1. The molecule has 3 aromatic rings. The lowest BCUT2D eigenvalue weighted by atomic mass is 10.1. The van der Waals surface area contributed by atoms with Gasteiger partial charge in [0.1, 0.15) is 0 Å². The number of nitrogens with zero attached hydrogens (tertiary/aromatic N) is 1. The lowest BCUT2D eigenvalue weighted by Gasteiger charge is -2.04. The first kappa shape index (κ1) is 18.7. The number of aryl methyl sites for hydroxylation is 1. The van der Waals surface area contributed by atoms with Crippen LogP contribution in [0.25, 0.3) is 11.3 Å². The van der Waals surface area contributed by atoms with Crippen LogP contribution in [-0.2, 0) is 22.4 Å². The van der Waals surface area contributed by atoms with Crippen molar-refractivity contribution in [3.63, 3.8) is 0 Å². The van der Waals surface area contributed by atoms with Crippen LogP contribution in [0.4, 0.5) is 13.2 Å². The molecule has 0 fully saturated rings. The lowest BCUT2D eigenvalue weighted by molar-refractivity contribution is -0.144. The Balaban J connectivity index is 2.07. The zero-order chi connectivity index (χ0) is 19.1. The standard InChI is InChI=1S/C17H15F3N2O2S2/c1-10-7-8-25-14(10)9-13-15(22-16(21-13)17(18,19)20)11-3-5-12(6-4-11)26(2,23)24/h3-8H,9H2,1-2H3,(H,21,22). The third-order valence-corrected chi connectivity index (χ3v) is 6.06. The molecular formula is C17H15F3N2O2S2. The van der Waals surface area contributed by atoms with Crippen LogP contribution in [0.2, 0.25) is 0 Å². The first-order valence-corrected chi connectivity index (χ1v) is 10.3. The molecule has 0 atom stereocenters. The number of H-pyrrole nitrogens is 1. The van der Waals surface area contributed by atoms with E-state index in [0.717, 1.165) is 16.7 Å². The summed E-state index contributed by atoms with van der Waals surface area (Å²) in [6, 6.07) is 7.58. The highest BCUT2D eigenvalue weighted by Crippen LogP contribution is 2.33. The van der Waals surface area contributed by atoms with Crippen molar-refractivity contribution < 1.29 is 21.6 Å². The summed E-state index contributed by atoms with van der Waals surface area (Å²) in [5.74, 6) is -1.07. The Labute approximate surface area is 152 Å². The van der Waals surface area contributed by atoms with Gasteiger partial charge in [0.2, 0.25) is 5.82 Å². The van der Waals surface area contributed by atoms with Crippen molar-refractivity contribution in [2.75, 3.05) is 6.26 Å². The number of nitrogens with one attached hydrogen (secondary N) is 1. The second kappa shape index (κ2) is 6.55. The van der Waals surface area contributed by atoms with Crippen molar-refractivity contribution in [1.82, 2.24) is 9.97 Å². The van der Waals surface area contributed by atoms with Crippen LogP contribution in [0, 0.1) is 6.92 Å². The van der Waals surface area contributed by atoms with Crippen molar-refractivity contribution in [2.24, 2.45) is 0 Å². The fourth-order valence-corrected chi connectivity index (χ4v) is 4.06. The summed E-state index contributed by atoms with van der Waals surface area (Å²) in [5.41, 5.74) is 1.94. The zero-order valence-corrected chi connectivity index (χ0v) is 15.5. The number of halogens is 3. The van der Waals surface area contributed by atoms with E-state index in [1.54, 1.807) is 0 Å². The highest BCUT2D eigenvalue weighted by atomic mass is 32.2. The van der Waals surface area contributed by atoms with Crippen LogP contribution < -0.4 is 0 Å². The second-order valence-corrected chi connectivity index (χ2v) is 8.93. The van der Waals surface area contributed by atoms with E-state index in [1.807, 2.05) is 18.4 Å². The summed E-state index contributed by atoms with van der Waals surface area (Å²) in [6.07, 6.45) is -3.23. The molecule has 0 saturated carbocycles. The molecule has 0 unspecified atom stereocenters. The number of imidazole rings is 1. The van der Waals surface area contributed by atoms with Gasteiger partial charge in [-0.1, -0.05) is 12.1 Å². The maximum absolute atomic E-state index is 13.1. The molecular weight excluding hydrogens is 385 g/mol. The van der Waals surface area contributed by atoms with Crippen LogP contribution in [0.5, 0.6) is 0 Å². The first-order chi connectivity index (χ1) is 12.1. The zero-order valence-electron chi connectivity index (χ0n) is 13.9. The van der Waals surface area contributed by atoms with Gasteiger partial charge in [0.25, 0.3) is 0 Å². The van der Waals surface area contributed by atoms with E-state index in [4.69, 9.17) is 0 Å². The number of sulfone groups is 1. The molecule has 0 saturated heterocycles. The molecule has 2 heterocycles. The first-order valence-electron chi connectivity index (χ1n) is 7.55. The highest BCUT2D eigenvalue weighted by molar-refractivity contribution is 7.90. The van der Waals surface area contributed by atoms with Crippen LogP contribution in [0.15, 0.2) is 40.6 Å². The van der Waals surface area contributed by atoms with Gasteiger partial charge in [-0.05, 0) is 36.1 Å². The van der Waals surface area contributed by atoms with E-state index in [0.29, 0.717) is 11.3 Å². The molecule has 2 aromatic heterocycles. The number of hydrogen-bond donors (Lipinski definition) is 1. The molecule has 9 heteroatoms. The Morgan fingerprint density at radius 1 is 1.15 bits per heavy atom. The number of thiophene rings is 1. The van der Waals surface area contributed by atoms with Crippen molar-refractivity contribution in [2.45, 2.75) is 24.4 Å². The summed E-state index contributed by atoms with van der Waals surface area (Å²) in [6.45, 7) is 1.90. The van der Waals surface area contributed by atoms with Crippen molar-refractivity contribution in [1.29, 1.82) is 0 Å². The van der Waals surface area contributed by atoms with Gasteiger partial charge >= 0.3 is 6.18 Å². The largest absolute Gasteiger partial charge is 0.449 e. The number of rotatable bonds is 4. The average Bonchev–Trinajstić information content (AvgIpc) is 3.14. The van der Waals surface area contributed by atoms with Crippen molar-refractivity contribution >= 4 is 21.2 Å². The molecule has 0 bridgehead atoms. The fourth-order valence-electron chi connectivity index (χ4n) is 2.52. The molecule has 0 spiro atoms. The minimum absolute atomic E-state index is 0.100. The number of alkyl halides is 3. The monoisotopic (exact) mass is 400 g/mol. The molecule has 26 heavy (non-hydrogen) atoms. The fraction of sp³-hybridized carbons (Fsp3) is 0.235. The van der Waals surface area contributed by atoms with Gasteiger partial charge in [0.05, 0.1) is 10.6 Å². The third-order valence-electron chi connectivity index (χ3n) is 3.91. The number of hydrogen-bond acceptors (Lipinski definition) is 4. The van der Waals surface area contributed by atoms with E-state index >= 15 is 0 Å². The smallest absolute Gasteiger partial charge is 0.337 e. The van der Waals surface area contributed by atoms with Crippen LogP contribution in [0.3, 0.4) is 0 Å². The lowest BCUT2D eigenvalue weighted by Crippen LogP contribution is -2.07. The number of aromatic amines is 1. The van der Waals surface area contributed by atoms with Gasteiger partial charge in [0.15, 0.2) is 9.84 Å². The molecule has 0 amide bonds.